The molecule has 0 aliphatic carbocycles. The van der Waals surface area contributed by atoms with Crippen LogP contribution in [0.4, 0.5) is 5.69 Å². The number of hydrogen-bond donors (Lipinski definition) is 0. The lowest BCUT2D eigenvalue weighted by molar-refractivity contribution is 0.198. The molecule has 0 bridgehead atoms. The quantitative estimate of drug-likeness (QED) is 0.599. The zero-order chi connectivity index (χ0) is 14.0. The zero-order valence-electron chi connectivity index (χ0n) is 11.8. The van der Waals surface area contributed by atoms with Crippen molar-refractivity contribution in [2.45, 2.75) is 26.8 Å². The Hall–Kier alpha value is -1.22. The van der Waals surface area contributed by atoms with Gasteiger partial charge in [0.1, 0.15) is 12.4 Å². The minimum Gasteiger partial charge on any atom is -0.492 e. The first-order valence-electron chi connectivity index (χ1n) is 6.10. The molecule has 0 heterocycles. The van der Waals surface area contributed by atoms with E-state index in [1.54, 1.807) is 0 Å². The van der Waals surface area contributed by atoms with Gasteiger partial charge in [-0.15, -0.1) is 0 Å². The smallest absolute Gasteiger partial charge is 0.119 e. The van der Waals surface area contributed by atoms with Gasteiger partial charge in [-0.25, -0.2) is 0 Å². The van der Waals surface area contributed by atoms with Crippen molar-refractivity contribution in [3.05, 3.63) is 24.3 Å². The fourth-order valence-electron chi connectivity index (χ4n) is 1.04. The number of thiocarbonyl (C=S) groups is 1. The number of isothiocyanates is 1. The molecule has 0 spiro atoms. The van der Waals surface area contributed by atoms with Crippen molar-refractivity contribution in [3.63, 3.8) is 0 Å². The number of hydrogen-bond acceptors (Lipinski definition) is 4. The number of benzene rings is 1. The maximum atomic E-state index is 5.63. The molecule has 0 aliphatic rings. The summed E-state index contributed by atoms with van der Waals surface area (Å²) in [5, 5.41) is 2.33. The van der Waals surface area contributed by atoms with Crippen molar-refractivity contribution in [2.24, 2.45) is 4.99 Å². The Morgan fingerprint density at radius 3 is 2.28 bits per heavy atom. The first-order valence-corrected chi connectivity index (χ1v) is 6.51. The summed E-state index contributed by atoms with van der Waals surface area (Å²) in [6.45, 7) is 6.79. The van der Waals surface area contributed by atoms with E-state index in [1.807, 2.05) is 52.2 Å². The topological polar surface area (TPSA) is 24.8 Å². The van der Waals surface area contributed by atoms with E-state index in [0.29, 0.717) is 12.6 Å². The molecule has 100 valence electrons. The Labute approximate surface area is 115 Å². The van der Waals surface area contributed by atoms with Gasteiger partial charge in [0.2, 0.25) is 0 Å². The molecule has 0 aromatic heterocycles. The van der Waals surface area contributed by atoms with Crippen LogP contribution >= 0.6 is 12.2 Å². The molecule has 0 fully saturated rings. The summed E-state index contributed by atoms with van der Waals surface area (Å²) in [5.41, 5.74) is 0.794. The van der Waals surface area contributed by atoms with Crippen molar-refractivity contribution < 1.29 is 4.74 Å². The van der Waals surface area contributed by atoms with Crippen molar-refractivity contribution >= 4 is 23.1 Å². The van der Waals surface area contributed by atoms with Crippen LogP contribution in [-0.2, 0) is 0 Å². The van der Waals surface area contributed by atoms with Crippen LogP contribution in [0.15, 0.2) is 29.3 Å². The Balaban J connectivity index is 0.00000137. The normalized spacial score (nSPS) is 11.0. The number of likely N-dealkylation sites (N-methyl/N-ethyl adjacent to an activating group) is 1. The fourth-order valence-corrected chi connectivity index (χ4v) is 1.14. The third-order valence-corrected chi connectivity index (χ3v) is 2.48. The van der Waals surface area contributed by atoms with Gasteiger partial charge in [0.05, 0.1) is 10.8 Å². The van der Waals surface area contributed by atoms with Crippen LogP contribution in [0.3, 0.4) is 0 Å². The minimum atomic E-state index is 0.388. The summed E-state index contributed by atoms with van der Waals surface area (Å²) < 4.78 is 5.63. The van der Waals surface area contributed by atoms with Gasteiger partial charge >= 0.3 is 0 Å². The lowest BCUT2D eigenvalue weighted by Gasteiger charge is -2.19. The van der Waals surface area contributed by atoms with Crippen molar-refractivity contribution in [2.75, 3.05) is 20.7 Å². The van der Waals surface area contributed by atoms with Gasteiger partial charge in [-0.2, -0.15) is 4.99 Å². The Morgan fingerprint density at radius 2 is 1.83 bits per heavy atom. The molecule has 0 aliphatic heterocycles. The molecule has 4 heteroatoms. The van der Waals surface area contributed by atoms with Crippen LogP contribution in [0.25, 0.3) is 0 Å². The van der Waals surface area contributed by atoms with Crippen LogP contribution in [0, 0.1) is 0 Å². The Bertz CT molecular complexity index is 370. The molecule has 0 saturated heterocycles. The highest BCUT2D eigenvalue weighted by molar-refractivity contribution is 7.78. The molecule has 1 aromatic rings. The summed E-state index contributed by atoms with van der Waals surface area (Å²) >= 11 is 4.53. The van der Waals surface area contributed by atoms with Gasteiger partial charge in [-0.1, -0.05) is 13.8 Å². The van der Waals surface area contributed by atoms with Crippen LogP contribution in [0.5, 0.6) is 5.75 Å². The van der Waals surface area contributed by atoms with Crippen LogP contribution in [0.2, 0.25) is 0 Å². The van der Waals surface area contributed by atoms with Crippen molar-refractivity contribution in [1.82, 2.24) is 4.90 Å². The molecule has 1 rings (SSSR count). The van der Waals surface area contributed by atoms with Crippen LogP contribution < -0.4 is 4.74 Å². The van der Waals surface area contributed by atoms with E-state index in [-0.39, 0.29) is 0 Å². The first-order chi connectivity index (χ1) is 8.63. The molecule has 0 radical (unpaired) electrons. The fraction of sp³-hybridized carbons (Fsp3) is 0.500. The largest absolute Gasteiger partial charge is 0.492 e. The molecule has 0 saturated carbocycles. The number of aliphatic imine (C=N–C) groups is 1. The predicted octanol–water partition coefficient (Wildman–Crippen LogP) is 3.78. The van der Waals surface area contributed by atoms with E-state index in [0.717, 1.165) is 11.4 Å². The van der Waals surface area contributed by atoms with Gasteiger partial charge in [-0.05, 0) is 57.5 Å². The maximum absolute atomic E-state index is 5.63. The highest BCUT2D eigenvalue weighted by atomic mass is 32.1. The second kappa shape index (κ2) is 9.77. The zero-order valence-corrected chi connectivity index (χ0v) is 12.6. The lowest BCUT2D eigenvalue weighted by atomic mass is 10.3. The first kappa shape index (κ1) is 16.8. The standard InChI is InChI=1S/C12H16N2OS.C2H6/c1-10(14(2)3)8-15-12-6-4-11(5-7-12)13-9-16;1-2/h4-7,10H,8H2,1-3H3;1-2H3/t10-;/m1./s1. The van der Waals surface area contributed by atoms with E-state index in [2.05, 4.69) is 34.2 Å². The van der Waals surface area contributed by atoms with Crippen LogP contribution in [-0.4, -0.2) is 36.8 Å². The number of nitrogens with zero attached hydrogens (tertiary/aromatic N) is 2. The van der Waals surface area contributed by atoms with E-state index in [9.17, 15) is 0 Å². The summed E-state index contributed by atoms with van der Waals surface area (Å²) in [7, 11) is 4.07. The van der Waals surface area contributed by atoms with Gasteiger partial charge in [0, 0.05) is 6.04 Å². The Morgan fingerprint density at radius 1 is 1.28 bits per heavy atom. The van der Waals surface area contributed by atoms with Gasteiger partial charge in [0.25, 0.3) is 0 Å². The third kappa shape index (κ3) is 6.50. The SMILES string of the molecule is CC.C[C@H](COc1ccc(N=C=S)cc1)N(C)C. The van der Waals surface area contributed by atoms with E-state index in [4.69, 9.17) is 4.74 Å². The maximum Gasteiger partial charge on any atom is 0.119 e. The van der Waals surface area contributed by atoms with E-state index < -0.39 is 0 Å². The summed E-state index contributed by atoms with van der Waals surface area (Å²) in [6, 6.07) is 7.87. The van der Waals surface area contributed by atoms with Crippen molar-refractivity contribution in [3.8, 4) is 5.75 Å². The molecule has 0 unspecified atom stereocenters. The van der Waals surface area contributed by atoms with Gasteiger partial charge in [-0.3, -0.25) is 0 Å². The highest BCUT2D eigenvalue weighted by Gasteiger charge is 2.04. The van der Waals surface area contributed by atoms with E-state index in [1.165, 1.54) is 0 Å². The van der Waals surface area contributed by atoms with Gasteiger partial charge in [0.15, 0.2) is 0 Å². The second-order valence-electron chi connectivity index (χ2n) is 3.82. The second-order valence-corrected chi connectivity index (χ2v) is 4.00. The summed E-state index contributed by atoms with van der Waals surface area (Å²) in [4.78, 5) is 5.99. The molecular weight excluding hydrogens is 244 g/mol. The Kier molecular flexibility index (Phi) is 9.11. The predicted molar refractivity (Wildman–Crippen MR) is 81.1 cm³/mol. The van der Waals surface area contributed by atoms with Crippen molar-refractivity contribution in [1.29, 1.82) is 0 Å². The van der Waals surface area contributed by atoms with Gasteiger partial charge < -0.3 is 9.64 Å². The molecule has 0 amide bonds. The number of ether oxygens (including phenoxy) is 1. The molecule has 1 atom stereocenters. The van der Waals surface area contributed by atoms with E-state index >= 15 is 0 Å². The summed E-state index contributed by atoms with van der Waals surface area (Å²) in [6.07, 6.45) is 0. The lowest BCUT2D eigenvalue weighted by Crippen LogP contribution is -2.30. The molecule has 1 aromatic carbocycles. The average molecular weight is 266 g/mol. The minimum absolute atomic E-state index is 0.388. The number of rotatable bonds is 5. The molecule has 18 heavy (non-hydrogen) atoms. The summed E-state index contributed by atoms with van der Waals surface area (Å²) in [5.74, 6) is 0.844. The van der Waals surface area contributed by atoms with Crippen LogP contribution in [0.1, 0.15) is 20.8 Å². The molecule has 3 nitrogen and oxygen atoms in total. The monoisotopic (exact) mass is 266 g/mol. The molecule has 0 N–H and O–H groups in total. The molecular formula is C14H22N2OS. The third-order valence-electron chi connectivity index (χ3n) is 2.38. The average Bonchev–Trinajstić information content (AvgIpc) is 2.40. The highest BCUT2D eigenvalue weighted by Crippen LogP contribution is 2.17.